The Bertz CT molecular complexity index is 787. The van der Waals surface area contributed by atoms with Crippen LogP contribution in [0.15, 0.2) is 34.7 Å². The number of carbonyl (C=O) groups is 2. The zero-order chi connectivity index (χ0) is 17.2. The molecular weight excluding hydrogens is 320 g/mol. The molecule has 3 amide bonds. The highest BCUT2D eigenvalue weighted by Gasteiger charge is 2.33. The normalized spacial score (nSPS) is 19.3. The summed E-state index contributed by atoms with van der Waals surface area (Å²) in [5.74, 6) is 1.53. The Labute approximate surface area is 145 Å². The van der Waals surface area contributed by atoms with Crippen LogP contribution in [0.2, 0.25) is 0 Å². The summed E-state index contributed by atoms with van der Waals surface area (Å²) in [6.07, 6.45) is 2.28. The second-order valence-electron chi connectivity index (χ2n) is 6.38. The van der Waals surface area contributed by atoms with Crippen LogP contribution in [-0.4, -0.2) is 41.0 Å². The van der Waals surface area contributed by atoms with Gasteiger partial charge in [-0.3, -0.25) is 4.79 Å². The van der Waals surface area contributed by atoms with Gasteiger partial charge in [-0.05, 0) is 12.0 Å². The van der Waals surface area contributed by atoms with E-state index in [1.165, 1.54) is 5.56 Å². The average molecular weight is 340 g/mol. The van der Waals surface area contributed by atoms with Crippen molar-refractivity contribution < 1.29 is 14.0 Å². The largest absolute Gasteiger partial charge is 0.445 e. The standard InChI is InChI=1S/C18H20N4O3/c23-17(13-10-19-18(24)21-13)22-9-8-15-14(11-22)20-16(25-15)7-6-12-4-2-1-3-5-12/h1-5,13H,6-11H2,(H2,19,21,24). The Hall–Kier alpha value is -2.83. The van der Waals surface area contributed by atoms with Crippen molar-refractivity contribution in [3.8, 4) is 0 Å². The lowest BCUT2D eigenvalue weighted by molar-refractivity contribution is -0.133. The molecule has 1 saturated heterocycles. The highest BCUT2D eigenvalue weighted by molar-refractivity contribution is 5.90. The van der Waals surface area contributed by atoms with Crippen LogP contribution in [-0.2, 0) is 30.6 Å². The van der Waals surface area contributed by atoms with Crippen molar-refractivity contribution >= 4 is 11.9 Å². The van der Waals surface area contributed by atoms with Crippen molar-refractivity contribution in [2.45, 2.75) is 31.8 Å². The number of aryl methyl sites for hydroxylation is 2. The van der Waals surface area contributed by atoms with E-state index in [0.717, 1.165) is 30.2 Å². The number of nitrogens with zero attached hydrogens (tertiary/aromatic N) is 2. The fraction of sp³-hybridized carbons (Fsp3) is 0.389. The number of hydrogen-bond donors (Lipinski definition) is 2. The molecule has 1 aromatic carbocycles. The summed E-state index contributed by atoms with van der Waals surface area (Å²) in [4.78, 5) is 30.0. The molecular formula is C18H20N4O3. The first-order valence-corrected chi connectivity index (χ1v) is 8.53. The van der Waals surface area contributed by atoms with Crippen LogP contribution in [0, 0.1) is 0 Å². The van der Waals surface area contributed by atoms with Crippen LogP contribution in [0.3, 0.4) is 0 Å². The number of urea groups is 1. The van der Waals surface area contributed by atoms with Crippen LogP contribution < -0.4 is 10.6 Å². The lowest BCUT2D eigenvalue weighted by Crippen LogP contribution is -2.47. The lowest BCUT2D eigenvalue weighted by atomic mass is 10.1. The Balaban J connectivity index is 1.39. The van der Waals surface area contributed by atoms with Gasteiger partial charge in [0.1, 0.15) is 17.5 Å². The predicted octanol–water partition coefficient (Wildman–Crippen LogP) is 1.03. The van der Waals surface area contributed by atoms with Crippen molar-refractivity contribution in [3.05, 3.63) is 53.2 Å². The van der Waals surface area contributed by atoms with Gasteiger partial charge in [0.05, 0.1) is 6.54 Å². The van der Waals surface area contributed by atoms with E-state index in [0.29, 0.717) is 26.1 Å². The molecule has 1 fully saturated rings. The number of oxazole rings is 1. The molecule has 7 nitrogen and oxygen atoms in total. The van der Waals surface area contributed by atoms with Gasteiger partial charge in [0, 0.05) is 25.9 Å². The predicted molar refractivity (Wildman–Crippen MR) is 89.8 cm³/mol. The van der Waals surface area contributed by atoms with Gasteiger partial charge in [0.15, 0.2) is 5.89 Å². The fourth-order valence-electron chi connectivity index (χ4n) is 3.27. The number of nitrogens with one attached hydrogen (secondary N) is 2. The molecule has 1 aromatic heterocycles. The number of rotatable bonds is 4. The van der Waals surface area contributed by atoms with Gasteiger partial charge in [-0.2, -0.15) is 0 Å². The Kier molecular flexibility index (Phi) is 4.13. The van der Waals surface area contributed by atoms with E-state index in [2.05, 4.69) is 27.8 Å². The van der Waals surface area contributed by atoms with Crippen LogP contribution >= 0.6 is 0 Å². The minimum absolute atomic E-state index is 0.0714. The van der Waals surface area contributed by atoms with Gasteiger partial charge < -0.3 is 20.0 Å². The van der Waals surface area contributed by atoms with Crippen molar-refractivity contribution in [3.63, 3.8) is 0 Å². The van der Waals surface area contributed by atoms with Crippen LogP contribution in [0.1, 0.15) is 22.9 Å². The van der Waals surface area contributed by atoms with E-state index in [1.54, 1.807) is 4.90 Å². The summed E-state index contributed by atoms with van der Waals surface area (Å²) in [7, 11) is 0. The van der Waals surface area contributed by atoms with E-state index in [1.807, 2.05) is 18.2 Å². The second kappa shape index (κ2) is 6.58. The van der Waals surface area contributed by atoms with Gasteiger partial charge in [0.25, 0.3) is 0 Å². The highest BCUT2D eigenvalue weighted by Crippen LogP contribution is 2.21. The third-order valence-electron chi connectivity index (χ3n) is 4.62. The number of amides is 3. The Morgan fingerprint density at radius 2 is 2.12 bits per heavy atom. The first kappa shape index (κ1) is 15.7. The number of aromatic nitrogens is 1. The van der Waals surface area contributed by atoms with E-state index < -0.39 is 6.04 Å². The van der Waals surface area contributed by atoms with Crippen LogP contribution in [0.5, 0.6) is 0 Å². The topological polar surface area (TPSA) is 87.5 Å². The summed E-state index contributed by atoms with van der Waals surface area (Å²) in [6.45, 7) is 1.36. The molecule has 0 radical (unpaired) electrons. The van der Waals surface area contributed by atoms with Gasteiger partial charge in [-0.25, -0.2) is 9.78 Å². The smallest absolute Gasteiger partial charge is 0.315 e. The molecule has 0 saturated carbocycles. The van der Waals surface area contributed by atoms with Gasteiger partial charge in [-0.15, -0.1) is 0 Å². The molecule has 2 aliphatic rings. The number of benzene rings is 1. The molecule has 130 valence electrons. The number of fused-ring (bicyclic) bond motifs is 1. The maximum Gasteiger partial charge on any atom is 0.315 e. The van der Waals surface area contributed by atoms with E-state index in [9.17, 15) is 9.59 Å². The summed E-state index contributed by atoms with van der Waals surface area (Å²) in [5, 5.41) is 5.25. The fourth-order valence-corrected chi connectivity index (χ4v) is 3.27. The van der Waals surface area contributed by atoms with Crippen molar-refractivity contribution in [2.75, 3.05) is 13.1 Å². The molecule has 1 atom stereocenters. The monoisotopic (exact) mass is 340 g/mol. The van der Waals surface area contributed by atoms with Crippen molar-refractivity contribution in [1.29, 1.82) is 0 Å². The van der Waals surface area contributed by atoms with Gasteiger partial charge >= 0.3 is 6.03 Å². The Morgan fingerprint density at radius 3 is 2.88 bits per heavy atom. The van der Waals surface area contributed by atoms with E-state index in [-0.39, 0.29) is 11.9 Å². The van der Waals surface area contributed by atoms with Gasteiger partial charge in [0.2, 0.25) is 5.91 Å². The lowest BCUT2D eigenvalue weighted by Gasteiger charge is -2.27. The SMILES string of the molecule is O=C1NCC(C(=O)N2CCc3oc(CCc4ccccc4)nc3C2)N1. The molecule has 7 heteroatoms. The highest BCUT2D eigenvalue weighted by atomic mass is 16.4. The zero-order valence-electron chi connectivity index (χ0n) is 13.8. The van der Waals surface area contributed by atoms with Crippen LogP contribution in [0.4, 0.5) is 4.79 Å². The van der Waals surface area contributed by atoms with Crippen molar-refractivity contribution in [1.82, 2.24) is 20.5 Å². The zero-order valence-corrected chi connectivity index (χ0v) is 13.8. The molecule has 0 bridgehead atoms. The first-order chi connectivity index (χ1) is 12.2. The molecule has 0 spiro atoms. The van der Waals surface area contributed by atoms with Crippen molar-refractivity contribution in [2.24, 2.45) is 0 Å². The summed E-state index contributed by atoms with van der Waals surface area (Å²) in [6, 6.07) is 9.45. The molecule has 1 unspecified atom stereocenters. The molecule has 3 heterocycles. The minimum atomic E-state index is -0.487. The van der Waals surface area contributed by atoms with E-state index in [4.69, 9.17) is 4.42 Å². The molecule has 0 aliphatic carbocycles. The molecule has 25 heavy (non-hydrogen) atoms. The van der Waals surface area contributed by atoms with Crippen LogP contribution in [0.25, 0.3) is 0 Å². The number of carbonyl (C=O) groups excluding carboxylic acids is 2. The first-order valence-electron chi connectivity index (χ1n) is 8.53. The Morgan fingerprint density at radius 1 is 1.28 bits per heavy atom. The third-order valence-corrected chi connectivity index (χ3v) is 4.62. The molecule has 4 rings (SSSR count). The summed E-state index contributed by atoms with van der Waals surface area (Å²) in [5.41, 5.74) is 2.08. The van der Waals surface area contributed by atoms with Gasteiger partial charge in [-0.1, -0.05) is 30.3 Å². The second-order valence-corrected chi connectivity index (χ2v) is 6.38. The minimum Gasteiger partial charge on any atom is -0.445 e. The quantitative estimate of drug-likeness (QED) is 0.870. The summed E-state index contributed by atoms with van der Waals surface area (Å²) < 4.78 is 5.87. The molecule has 2 aromatic rings. The average Bonchev–Trinajstić information content (AvgIpc) is 3.25. The van der Waals surface area contributed by atoms with E-state index >= 15 is 0 Å². The number of hydrogen-bond acceptors (Lipinski definition) is 4. The maximum absolute atomic E-state index is 12.5. The maximum atomic E-state index is 12.5. The molecule has 2 aliphatic heterocycles. The summed E-state index contributed by atoms with van der Waals surface area (Å²) >= 11 is 0. The third kappa shape index (κ3) is 3.35. The molecule has 2 N–H and O–H groups in total.